The lowest BCUT2D eigenvalue weighted by atomic mass is 9.99. The van der Waals surface area contributed by atoms with Crippen LogP contribution in [0.2, 0.25) is 25.7 Å². The number of nitrogens with one attached hydrogen (secondary N) is 1. The highest BCUT2D eigenvalue weighted by Crippen LogP contribution is 2.38. The van der Waals surface area contributed by atoms with Crippen LogP contribution in [0.5, 0.6) is 0 Å². The third-order valence-electron chi connectivity index (χ3n) is 7.49. The summed E-state index contributed by atoms with van der Waals surface area (Å²) in [6.45, 7) is 7.72. The summed E-state index contributed by atoms with van der Waals surface area (Å²) >= 11 is 0. The Labute approximate surface area is 244 Å². The number of hydrogen-bond acceptors (Lipinski definition) is 7. The SMILES string of the molecule is C[Si](C)(C)CCOCn1nc2c(nc(-c3c(F)cccc3F)c3cc(CO)ccc32)c1NC1CCN(S(N)(=O)=O)CC1. The molecule has 0 aliphatic carbocycles. The minimum Gasteiger partial charge on any atom is -0.392 e. The molecule has 0 spiro atoms. The average molecular weight is 619 g/mol. The molecule has 2 aromatic heterocycles. The maximum absolute atomic E-state index is 15.1. The summed E-state index contributed by atoms with van der Waals surface area (Å²) in [5.41, 5.74) is 1.30. The molecule has 1 saturated heterocycles. The highest BCUT2D eigenvalue weighted by Gasteiger charge is 2.28. The van der Waals surface area contributed by atoms with Gasteiger partial charge in [0.1, 0.15) is 29.4 Å². The molecule has 5 rings (SSSR count). The zero-order chi connectivity index (χ0) is 30.2. The van der Waals surface area contributed by atoms with Gasteiger partial charge in [-0.3, -0.25) is 0 Å². The van der Waals surface area contributed by atoms with Gasteiger partial charge in [0.2, 0.25) is 0 Å². The Morgan fingerprint density at radius 3 is 2.40 bits per heavy atom. The van der Waals surface area contributed by atoms with Gasteiger partial charge in [-0.05, 0) is 42.6 Å². The Morgan fingerprint density at radius 1 is 1.10 bits per heavy atom. The Morgan fingerprint density at radius 2 is 1.79 bits per heavy atom. The predicted octanol–water partition coefficient (Wildman–Crippen LogP) is 4.41. The van der Waals surface area contributed by atoms with Crippen molar-refractivity contribution >= 4 is 45.9 Å². The number of hydrogen-bond donors (Lipinski definition) is 3. The summed E-state index contributed by atoms with van der Waals surface area (Å²) in [4.78, 5) is 4.80. The number of rotatable bonds is 10. The minimum atomic E-state index is -3.79. The van der Waals surface area contributed by atoms with Crippen LogP contribution in [0, 0.1) is 11.6 Å². The zero-order valence-corrected chi connectivity index (χ0v) is 25.7. The molecule has 0 bridgehead atoms. The van der Waals surface area contributed by atoms with Crippen molar-refractivity contribution in [2.45, 2.75) is 57.9 Å². The van der Waals surface area contributed by atoms with E-state index in [1.165, 1.54) is 22.5 Å². The van der Waals surface area contributed by atoms with Crippen molar-refractivity contribution in [3.8, 4) is 11.3 Å². The number of halogens is 2. The highest BCUT2D eigenvalue weighted by atomic mass is 32.2. The van der Waals surface area contributed by atoms with Crippen molar-refractivity contribution in [1.82, 2.24) is 19.1 Å². The van der Waals surface area contributed by atoms with E-state index < -0.39 is 29.9 Å². The van der Waals surface area contributed by atoms with Gasteiger partial charge in [0.25, 0.3) is 10.2 Å². The molecular weight excluding hydrogens is 582 g/mol. The highest BCUT2D eigenvalue weighted by molar-refractivity contribution is 7.86. The van der Waals surface area contributed by atoms with Gasteiger partial charge in [0.15, 0.2) is 5.82 Å². The normalized spacial score (nSPS) is 15.6. The Kier molecular flexibility index (Phi) is 8.65. The molecule has 1 aliphatic heterocycles. The Bertz CT molecular complexity index is 1700. The van der Waals surface area contributed by atoms with Crippen molar-refractivity contribution in [2.24, 2.45) is 5.14 Å². The smallest absolute Gasteiger partial charge is 0.276 e. The van der Waals surface area contributed by atoms with Crippen LogP contribution < -0.4 is 10.5 Å². The molecule has 10 nitrogen and oxygen atoms in total. The molecule has 1 aliphatic rings. The van der Waals surface area contributed by atoms with E-state index in [9.17, 15) is 13.5 Å². The number of pyridine rings is 1. The molecule has 2 aromatic carbocycles. The molecule has 0 radical (unpaired) electrons. The number of benzene rings is 2. The van der Waals surface area contributed by atoms with Gasteiger partial charge in [0, 0.05) is 44.6 Å². The maximum atomic E-state index is 15.1. The molecule has 226 valence electrons. The largest absolute Gasteiger partial charge is 0.392 e. The van der Waals surface area contributed by atoms with Crippen LogP contribution in [0.1, 0.15) is 18.4 Å². The molecule has 3 heterocycles. The molecule has 14 heteroatoms. The number of aliphatic hydroxyl groups excluding tert-OH is 1. The van der Waals surface area contributed by atoms with E-state index in [1.807, 2.05) is 0 Å². The van der Waals surface area contributed by atoms with Crippen LogP contribution in [0.15, 0.2) is 36.4 Å². The Balaban J connectivity index is 1.64. The molecule has 0 saturated carbocycles. The van der Waals surface area contributed by atoms with Gasteiger partial charge in [-0.1, -0.05) is 37.8 Å². The molecule has 4 aromatic rings. The summed E-state index contributed by atoms with van der Waals surface area (Å²) in [5, 5.41) is 24.5. The molecule has 1 fully saturated rings. The van der Waals surface area contributed by atoms with Gasteiger partial charge in [-0.25, -0.2) is 23.6 Å². The number of aromatic nitrogens is 3. The topological polar surface area (TPSA) is 136 Å². The fourth-order valence-corrected chi connectivity index (χ4v) is 6.61. The lowest BCUT2D eigenvalue weighted by molar-refractivity contribution is 0.0803. The summed E-state index contributed by atoms with van der Waals surface area (Å²) < 4.78 is 62.8. The fraction of sp³-hybridized carbons (Fsp3) is 0.429. The van der Waals surface area contributed by atoms with Crippen LogP contribution in [-0.2, 0) is 28.3 Å². The lowest BCUT2D eigenvalue weighted by Crippen LogP contribution is -2.45. The first-order valence-electron chi connectivity index (χ1n) is 13.9. The molecule has 42 heavy (non-hydrogen) atoms. The van der Waals surface area contributed by atoms with Crippen molar-refractivity contribution in [2.75, 3.05) is 25.0 Å². The van der Waals surface area contributed by atoms with E-state index in [4.69, 9.17) is 20.0 Å². The van der Waals surface area contributed by atoms with E-state index >= 15 is 8.78 Å². The van der Waals surface area contributed by atoms with Gasteiger partial charge >= 0.3 is 0 Å². The molecule has 0 amide bonds. The second-order valence-electron chi connectivity index (χ2n) is 11.9. The number of anilines is 1. The summed E-state index contributed by atoms with van der Waals surface area (Å²) in [7, 11) is -5.12. The molecule has 0 unspecified atom stereocenters. The van der Waals surface area contributed by atoms with Crippen molar-refractivity contribution in [3.05, 3.63) is 53.6 Å². The second-order valence-corrected chi connectivity index (χ2v) is 19.0. The average Bonchev–Trinajstić information content (AvgIpc) is 3.27. The number of piperidine rings is 1. The van der Waals surface area contributed by atoms with E-state index in [1.54, 1.807) is 22.9 Å². The van der Waals surface area contributed by atoms with Crippen LogP contribution in [0.3, 0.4) is 0 Å². The van der Waals surface area contributed by atoms with Crippen LogP contribution in [-0.4, -0.2) is 66.4 Å². The lowest BCUT2D eigenvalue weighted by Gasteiger charge is -2.30. The zero-order valence-electron chi connectivity index (χ0n) is 23.9. The third-order valence-corrected chi connectivity index (χ3v) is 10.3. The second kappa shape index (κ2) is 11.9. The number of nitrogens with two attached hydrogens (primary N) is 1. The monoisotopic (exact) mass is 618 g/mol. The number of nitrogens with zero attached hydrogens (tertiary/aromatic N) is 4. The fourth-order valence-electron chi connectivity index (χ4n) is 5.13. The van der Waals surface area contributed by atoms with Crippen LogP contribution in [0.25, 0.3) is 33.1 Å². The van der Waals surface area contributed by atoms with E-state index in [0.29, 0.717) is 52.6 Å². The molecular formula is C28H36F2N6O4SSi. The van der Waals surface area contributed by atoms with Crippen molar-refractivity contribution in [1.29, 1.82) is 0 Å². The first-order chi connectivity index (χ1) is 19.9. The standard InChI is InChI=1S/C28H36F2N6O4SSi/c1-42(2,3)14-13-40-17-36-28(32-19-9-11-35(12-10-19)41(31,38)39)27-26(34-36)20-8-7-18(16-37)15-21(20)25(33-27)24-22(29)5-4-6-23(24)30/h4-8,15,19,32,37H,9-14,16-17H2,1-3H3,(H2,31,38,39). The summed E-state index contributed by atoms with van der Waals surface area (Å²) in [6, 6.07) is 9.66. The molecule has 4 N–H and O–H groups in total. The molecule has 0 atom stereocenters. The van der Waals surface area contributed by atoms with Gasteiger partial charge in [-0.2, -0.15) is 17.8 Å². The number of ether oxygens (including phenoxy) is 1. The van der Waals surface area contributed by atoms with Gasteiger partial charge in [0.05, 0.1) is 17.9 Å². The predicted molar refractivity (Wildman–Crippen MR) is 162 cm³/mol. The van der Waals surface area contributed by atoms with Crippen LogP contribution in [0.4, 0.5) is 14.6 Å². The quantitative estimate of drug-likeness (QED) is 0.177. The summed E-state index contributed by atoms with van der Waals surface area (Å²) in [6.07, 6.45) is 0.976. The minimum absolute atomic E-state index is 0.0923. The van der Waals surface area contributed by atoms with Gasteiger partial charge < -0.3 is 15.2 Å². The summed E-state index contributed by atoms with van der Waals surface area (Å²) in [5.74, 6) is -1.01. The number of fused-ring (bicyclic) bond motifs is 3. The van der Waals surface area contributed by atoms with Crippen molar-refractivity contribution in [3.63, 3.8) is 0 Å². The number of aliphatic hydroxyl groups is 1. The van der Waals surface area contributed by atoms with Crippen LogP contribution >= 0.6 is 0 Å². The first-order valence-corrected chi connectivity index (χ1v) is 19.1. The maximum Gasteiger partial charge on any atom is 0.276 e. The van der Waals surface area contributed by atoms with E-state index in [-0.39, 0.29) is 43.7 Å². The van der Waals surface area contributed by atoms with Gasteiger partial charge in [-0.15, -0.1) is 0 Å². The third kappa shape index (κ3) is 6.48. The van der Waals surface area contributed by atoms with E-state index in [2.05, 4.69) is 25.0 Å². The van der Waals surface area contributed by atoms with E-state index in [0.717, 1.165) is 6.04 Å². The van der Waals surface area contributed by atoms with Crippen molar-refractivity contribution < 1.29 is 27.0 Å². The Hall–Kier alpha value is -3.01. The first kappa shape index (κ1) is 30.4.